The minimum atomic E-state index is -0.223. The van der Waals surface area contributed by atoms with Crippen LogP contribution in [-0.4, -0.2) is 0 Å². The van der Waals surface area contributed by atoms with E-state index in [4.69, 9.17) is 0 Å². The largest absolute Gasteiger partial charge is 0.310 e. The zero-order valence-corrected chi connectivity index (χ0v) is 36.1. The predicted octanol–water partition coefficient (Wildman–Crippen LogP) is 17.5. The monoisotopic (exact) mass is 817 g/mol. The SMILES string of the molecule is CC1(C)c2cc(-c3ccccc3)ccc2-c2ccc(N(c3ccc(-c4cccc(-c5ccccc5)c4)cc3)c3cccc(-c4ccccc4)c3-c3ccccc3-c3ccccc3)cc21. The second kappa shape index (κ2) is 16.4. The molecular formula is C63H47N. The van der Waals surface area contributed by atoms with Crippen LogP contribution in [0.15, 0.2) is 249 Å². The van der Waals surface area contributed by atoms with Gasteiger partial charge in [0.15, 0.2) is 0 Å². The molecule has 1 aliphatic carbocycles. The standard InChI is InChI=1S/C63H47N/c1-63(2)59-42-51(45-21-9-4-10-22-45)35-39-56(59)57-40-38-53(43-60(57)63)64(52-36-33-46(34-37-52)50-28-17-27-49(41-50)44-19-7-3-8-20-44)61-32-18-31-55(48-25-13-6-14-26-48)62(61)58-30-16-15-29-54(58)47-23-11-5-12-24-47/h3-43H,1-2H3. The molecule has 1 aliphatic rings. The molecule has 304 valence electrons. The van der Waals surface area contributed by atoms with E-state index in [2.05, 4.69) is 267 Å². The lowest BCUT2D eigenvalue weighted by Gasteiger charge is -2.31. The summed E-state index contributed by atoms with van der Waals surface area (Å²) in [5.41, 5.74) is 22.8. The van der Waals surface area contributed by atoms with E-state index in [9.17, 15) is 0 Å². The van der Waals surface area contributed by atoms with E-state index in [-0.39, 0.29) is 5.41 Å². The lowest BCUT2D eigenvalue weighted by atomic mass is 9.81. The molecule has 11 rings (SSSR count). The van der Waals surface area contributed by atoms with Gasteiger partial charge in [-0.2, -0.15) is 0 Å². The minimum Gasteiger partial charge on any atom is -0.310 e. The van der Waals surface area contributed by atoms with Crippen molar-refractivity contribution in [2.24, 2.45) is 0 Å². The first-order valence-electron chi connectivity index (χ1n) is 22.3. The third-order valence-electron chi connectivity index (χ3n) is 13.1. The summed E-state index contributed by atoms with van der Waals surface area (Å²) in [5.74, 6) is 0. The van der Waals surface area contributed by atoms with Crippen molar-refractivity contribution in [1.29, 1.82) is 0 Å². The van der Waals surface area contributed by atoms with E-state index in [1.54, 1.807) is 0 Å². The van der Waals surface area contributed by atoms with Gasteiger partial charge in [0.25, 0.3) is 0 Å². The first kappa shape index (κ1) is 38.9. The van der Waals surface area contributed by atoms with Crippen LogP contribution in [0, 0.1) is 0 Å². The number of rotatable bonds is 9. The second-order valence-electron chi connectivity index (χ2n) is 17.3. The van der Waals surface area contributed by atoms with E-state index in [0.29, 0.717) is 0 Å². The summed E-state index contributed by atoms with van der Waals surface area (Å²) in [5, 5.41) is 0. The van der Waals surface area contributed by atoms with Crippen molar-refractivity contribution in [3.05, 3.63) is 260 Å². The topological polar surface area (TPSA) is 3.24 Å². The Bertz CT molecular complexity index is 3260. The first-order valence-corrected chi connectivity index (χ1v) is 22.3. The Balaban J connectivity index is 1.11. The Morgan fingerprint density at radius 2 is 0.672 bits per heavy atom. The fourth-order valence-corrected chi connectivity index (χ4v) is 9.85. The van der Waals surface area contributed by atoms with E-state index in [0.717, 1.165) is 17.1 Å². The third-order valence-corrected chi connectivity index (χ3v) is 13.1. The Morgan fingerprint density at radius 3 is 1.28 bits per heavy atom. The van der Waals surface area contributed by atoms with Crippen molar-refractivity contribution >= 4 is 17.1 Å². The summed E-state index contributed by atoms with van der Waals surface area (Å²) in [6.45, 7) is 4.77. The average molecular weight is 818 g/mol. The molecule has 0 unspecified atom stereocenters. The van der Waals surface area contributed by atoms with Crippen LogP contribution in [0.2, 0.25) is 0 Å². The van der Waals surface area contributed by atoms with Crippen molar-refractivity contribution in [3.8, 4) is 77.9 Å². The number of fused-ring (bicyclic) bond motifs is 3. The highest BCUT2D eigenvalue weighted by molar-refractivity contribution is 6.01. The van der Waals surface area contributed by atoms with Crippen LogP contribution in [0.25, 0.3) is 77.9 Å². The van der Waals surface area contributed by atoms with Crippen LogP contribution in [0.3, 0.4) is 0 Å². The molecule has 0 fully saturated rings. The number of nitrogens with zero attached hydrogens (tertiary/aromatic N) is 1. The fourth-order valence-electron chi connectivity index (χ4n) is 9.85. The van der Waals surface area contributed by atoms with Crippen molar-refractivity contribution in [3.63, 3.8) is 0 Å². The van der Waals surface area contributed by atoms with Crippen molar-refractivity contribution < 1.29 is 0 Å². The molecule has 0 N–H and O–H groups in total. The summed E-state index contributed by atoms with van der Waals surface area (Å²) in [6, 6.07) is 90.9. The molecule has 0 bridgehead atoms. The van der Waals surface area contributed by atoms with Gasteiger partial charge in [0, 0.05) is 22.4 Å². The number of benzene rings is 10. The van der Waals surface area contributed by atoms with Crippen LogP contribution in [0.1, 0.15) is 25.0 Å². The molecule has 0 atom stereocenters. The average Bonchev–Trinajstić information content (AvgIpc) is 3.59. The summed E-state index contributed by atoms with van der Waals surface area (Å²) >= 11 is 0. The van der Waals surface area contributed by atoms with E-state index >= 15 is 0 Å². The van der Waals surface area contributed by atoms with Gasteiger partial charge < -0.3 is 4.90 Å². The van der Waals surface area contributed by atoms with Crippen LogP contribution in [-0.2, 0) is 5.41 Å². The molecule has 0 heterocycles. The maximum atomic E-state index is 2.49. The molecule has 10 aromatic rings. The Kier molecular flexibility index (Phi) is 9.94. The summed E-state index contributed by atoms with van der Waals surface area (Å²) in [6.07, 6.45) is 0. The Labute approximate surface area is 377 Å². The molecule has 0 amide bonds. The number of hydrogen-bond donors (Lipinski definition) is 0. The summed E-state index contributed by atoms with van der Waals surface area (Å²) in [4.78, 5) is 2.49. The molecule has 10 aromatic carbocycles. The number of anilines is 3. The highest BCUT2D eigenvalue weighted by atomic mass is 15.1. The van der Waals surface area contributed by atoms with Crippen LogP contribution < -0.4 is 4.90 Å². The molecular weight excluding hydrogens is 771 g/mol. The molecule has 0 aliphatic heterocycles. The highest BCUT2D eigenvalue weighted by Gasteiger charge is 2.36. The molecule has 0 spiro atoms. The van der Waals surface area contributed by atoms with Gasteiger partial charge in [0.1, 0.15) is 0 Å². The van der Waals surface area contributed by atoms with Gasteiger partial charge in [-0.15, -0.1) is 0 Å². The Hall–Kier alpha value is -8.00. The first-order chi connectivity index (χ1) is 31.5. The smallest absolute Gasteiger partial charge is 0.0546 e. The van der Waals surface area contributed by atoms with Crippen molar-refractivity contribution in [1.82, 2.24) is 0 Å². The van der Waals surface area contributed by atoms with E-state index in [1.807, 2.05) is 0 Å². The molecule has 0 radical (unpaired) electrons. The lowest BCUT2D eigenvalue weighted by molar-refractivity contribution is 0.660. The normalized spacial score (nSPS) is 12.3. The lowest BCUT2D eigenvalue weighted by Crippen LogP contribution is -2.17. The van der Waals surface area contributed by atoms with Gasteiger partial charge in [-0.05, 0) is 126 Å². The van der Waals surface area contributed by atoms with Gasteiger partial charge >= 0.3 is 0 Å². The van der Waals surface area contributed by atoms with Crippen molar-refractivity contribution in [2.45, 2.75) is 19.3 Å². The van der Waals surface area contributed by atoms with Gasteiger partial charge in [0.05, 0.1) is 5.69 Å². The van der Waals surface area contributed by atoms with Gasteiger partial charge in [-0.25, -0.2) is 0 Å². The summed E-state index contributed by atoms with van der Waals surface area (Å²) in [7, 11) is 0. The highest BCUT2D eigenvalue weighted by Crippen LogP contribution is 2.53. The van der Waals surface area contributed by atoms with Crippen LogP contribution >= 0.6 is 0 Å². The zero-order valence-electron chi connectivity index (χ0n) is 36.1. The molecule has 1 heteroatoms. The maximum Gasteiger partial charge on any atom is 0.0546 e. The van der Waals surface area contributed by atoms with Gasteiger partial charge in [0.2, 0.25) is 0 Å². The van der Waals surface area contributed by atoms with Crippen LogP contribution in [0.5, 0.6) is 0 Å². The maximum absolute atomic E-state index is 2.49. The van der Waals surface area contributed by atoms with Gasteiger partial charge in [-0.3, -0.25) is 0 Å². The fraction of sp³-hybridized carbons (Fsp3) is 0.0476. The summed E-state index contributed by atoms with van der Waals surface area (Å²) < 4.78 is 0. The molecule has 0 aromatic heterocycles. The van der Waals surface area contributed by atoms with E-state index in [1.165, 1.54) is 89.0 Å². The molecule has 1 nitrogen and oxygen atoms in total. The third kappa shape index (κ3) is 7.02. The second-order valence-corrected chi connectivity index (χ2v) is 17.3. The van der Waals surface area contributed by atoms with Gasteiger partial charge in [-0.1, -0.05) is 220 Å². The zero-order chi connectivity index (χ0) is 43.0. The molecule has 64 heavy (non-hydrogen) atoms. The molecule has 0 saturated heterocycles. The quantitative estimate of drug-likeness (QED) is 0.140. The Morgan fingerprint density at radius 1 is 0.266 bits per heavy atom. The number of hydrogen-bond acceptors (Lipinski definition) is 1. The predicted molar refractivity (Wildman–Crippen MR) is 271 cm³/mol. The van der Waals surface area contributed by atoms with E-state index < -0.39 is 0 Å². The minimum absolute atomic E-state index is 0.223. The molecule has 0 saturated carbocycles. The van der Waals surface area contributed by atoms with Crippen molar-refractivity contribution in [2.75, 3.05) is 4.90 Å². The van der Waals surface area contributed by atoms with Crippen LogP contribution in [0.4, 0.5) is 17.1 Å².